The average molecular weight is 415 g/mol. The monoisotopic (exact) mass is 414 g/mol. The fraction of sp³-hybridized carbons (Fsp3) is 0.400. The van der Waals surface area contributed by atoms with Gasteiger partial charge in [0, 0.05) is 17.9 Å². The Kier molecular flexibility index (Phi) is 11.5. The normalized spacial score (nSPS) is 23.7. The van der Waals surface area contributed by atoms with Gasteiger partial charge in [-0.2, -0.15) is 0 Å². The van der Waals surface area contributed by atoms with Crippen molar-refractivity contribution in [1.82, 2.24) is 0 Å². The lowest BCUT2D eigenvalue weighted by atomic mass is 9.90. The lowest BCUT2D eigenvalue weighted by molar-refractivity contribution is -0.306. The lowest BCUT2D eigenvalue weighted by Crippen LogP contribution is -2.43. The maximum atomic E-state index is 10.5. The Morgan fingerprint density at radius 2 is 1.90 bits per heavy atom. The highest BCUT2D eigenvalue weighted by Gasteiger charge is 2.39. The van der Waals surface area contributed by atoms with Crippen LogP contribution >= 0.6 is 0 Å². The summed E-state index contributed by atoms with van der Waals surface area (Å²) in [6.45, 7) is 11.4. The van der Waals surface area contributed by atoms with Gasteiger partial charge in [0.25, 0.3) is 0 Å². The number of benzene rings is 1. The van der Waals surface area contributed by atoms with Crippen molar-refractivity contribution >= 4 is 5.97 Å². The minimum atomic E-state index is -0.797. The average Bonchev–Trinajstić information content (AvgIpc) is 2.73. The van der Waals surface area contributed by atoms with E-state index >= 15 is 0 Å². The van der Waals surface area contributed by atoms with Crippen molar-refractivity contribution < 1.29 is 24.5 Å². The number of carboxylic acid groups (broad SMARTS) is 1. The summed E-state index contributed by atoms with van der Waals surface area (Å²) in [7, 11) is 0. The van der Waals surface area contributed by atoms with E-state index in [1.54, 1.807) is 24.3 Å². The van der Waals surface area contributed by atoms with Crippen LogP contribution in [0.25, 0.3) is 0 Å². The minimum Gasteiger partial charge on any atom is -0.508 e. The van der Waals surface area contributed by atoms with Crippen molar-refractivity contribution in [1.29, 1.82) is 0 Å². The van der Waals surface area contributed by atoms with Crippen LogP contribution in [-0.4, -0.2) is 28.6 Å². The van der Waals surface area contributed by atoms with E-state index in [1.165, 1.54) is 0 Å². The van der Waals surface area contributed by atoms with Crippen molar-refractivity contribution in [3.05, 3.63) is 79.4 Å². The third-order valence-corrected chi connectivity index (χ3v) is 4.81. The Bertz CT molecular complexity index is 727. The van der Waals surface area contributed by atoms with Crippen molar-refractivity contribution in [2.45, 2.75) is 51.4 Å². The summed E-state index contributed by atoms with van der Waals surface area (Å²) >= 11 is 0. The van der Waals surface area contributed by atoms with Crippen LogP contribution in [0.5, 0.6) is 5.75 Å². The highest BCUT2D eigenvalue weighted by Crippen LogP contribution is 2.42. The van der Waals surface area contributed by atoms with Crippen molar-refractivity contribution in [3.8, 4) is 5.75 Å². The van der Waals surface area contributed by atoms with E-state index in [9.17, 15) is 9.90 Å². The number of aliphatic carboxylic acids is 1. The molecular formula is C25H34O5. The van der Waals surface area contributed by atoms with Gasteiger partial charge in [0.2, 0.25) is 0 Å². The molecule has 0 saturated carbocycles. The molecule has 1 heterocycles. The Balaban J connectivity index is 0.000000656. The first-order valence-electron chi connectivity index (χ1n) is 10.2. The molecule has 2 rings (SSSR count). The van der Waals surface area contributed by atoms with Gasteiger partial charge < -0.3 is 19.7 Å². The SMILES string of the molecule is C=C/C=C\C=C.CCC1(C)OCC(C/C=C\CCC(=O)O)C(c2ccccc2O)O1. The summed E-state index contributed by atoms with van der Waals surface area (Å²) < 4.78 is 12.1. The Morgan fingerprint density at radius 1 is 1.23 bits per heavy atom. The number of hydrogen-bond donors (Lipinski definition) is 2. The molecule has 5 heteroatoms. The van der Waals surface area contributed by atoms with Gasteiger partial charge in [0.15, 0.2) is 5.79 Å². The predicted molar refractivity (Wildman–Crippen MR) is 120 cm³/mol. The summed E-state index contributed by atoms with van der Waals surface area (Å²) in [6.07, 6.45) is 12.7. The van der Waals surface area contributed by atoms with Crippen LogP contribution in [0.4, 0.5) is 0 Å². The molecule has 0 aliphatic carbocycles. The molecule has 1 aromatic carbocycles. The van der Waals surface area contributed by atoms with Gasteiger partial charge in [-0.05, 0) is 32.3 Å². The molecule has 5 nitrogen and oxygen atoms in total. The zero-order chi connectivity index (χ0) is 22.4. The fourth-order valence-corrected chi connectivity index (χ4v) is 2.94. The second kappa shape index (κ2) is 13.6. The van der Waals surface area contributed by atoms with Crippen LogP contribution in [0.15, 0.2) is 73.9 Å². The summed E-state index contributed by atoms with van der Waals surface area (Å²) in [5.74, 6) is -1.16. The molecule has 2 N–H and O–H groups in total. The number of ether oxygens (including phenoxy) is 2. The molecule has 30 heavy (non-hydrogen) atoms. The number of phenolic OH excluding ortho intramolecular Hbond substituents is 1. The molecule has 0 bridgehead atoms. The molecule has 0 amide bonds. The van der Waals surface area contributed by atoms with E-state index in [4.69, 9.17) is 14.6 Å². The first kappa shape index (κ1) is 25.4. The van der Waals surface area contributed by atoms with E-state index in [1.807, 2.05) is 50.3 Å². The number of allylic oxidation sites excluding steroid dienone is 6. The molecule has 1 aliphatic heterocycles. The number of rotatable bonds is 9. The smallest absolute Gasteiger partial charge is 0.303 e. The molecule has 1 aromatic rings. The molecule has 3 atom stereocenters. The summed E-state index contributed by atoms with van der Waals surface area (Å²) in [5, 5.41) is 18.9. The summed E-state index contributed by atoms with van der Waals surface area (Å²) in [5.41, 5.74) is 0.768. The van der Waals surface area contributed by atoms with Gasteiger partial charge in [0.05, 0.1) is 12.7 Å². The first-order chi connectivity index (χ1) is 14.4. The predicted octanol–water partition coefficient (Wildman–Crippen LogP) is 5.95. The van der Waals surface area contributed by atoms with E-state index in [-0.39, 0.29) is 24.2 Å². The van der Waals surface area contributed by atoms with E-state index in [0.29, 0.717) is 19.4 Å². The molecule has 0 aromatic heterocycles. The number of carboxylic acids is 1. The Hall–Kier alpha value is -2.63. The number of phenols is 1. The van der Waals surface area contributed by atoms with Crippen LogP contribution < -0.4 is 0 Å². The quantitative estimate of drug-likeness (QED) is 0.386. The van der Waals surface area contributed by atoms with E-state index < -0.39 is 11.8 Å². The fourth-order valence-electron chi connectivity index (χ4n) is 2.94. The van der Waals surface area contributed by atoms with E-state index in [0.717, 1.165) is 12.0 Å². The number of hydrogen-bond acceptors (Lipinski definition) is 4. The number of aromatic hydroxyl groups is 1. The van der Waals surface area contributed by atoms with Crippen molar-refractivity contribution in [3.63, 3.8) is 0 Å². The molecule has 1 aliphatic rings. The Morgan fingerprint density at radius 3 is 2.47 bits per heavy atom. The molecule has 1 saturated heterocycles. The van der Waals surface area contributed by atoms with Gasteiger partial charge in [-0.25, -0.2) is 0 Å². The van der Waals surface area contributed by atoms with E-state index in [2.05, 4.69) is 13.2 Å². The van der Waals surface area contributed by atoms with Crippen molar-refractivity contribution in [2.24, 2.45) is 5.92 Å². The highest BCUT2D eigenvalue weighted by atomic mass is 16.7. The topological polar surface area (TPSA) is 76.0 Å². The summed E-state index contributed by atoms with van der Waals surface area (Å²) in [4.78, 5) is 10.5. The van der Waals surface area contributed by atoms with Crippen molar-refractivity contribution in [2.75, 3.05) is 6.61 Å². The Labute approximate surface area is 180 Å². The van der Waals surface area contributed by atoms with Crippen LogP contribution in [0, 0.1) is 5.92 Å². The maximum absolute atomic E-state index is 10.5. The molecule has 0 spiro atoms. The van der Waals surface area contributed by atoms with Gasteiger partial charge in [-0.15, -0.1) is 0 Å². The standard InChI is InChI=1S/C19H26O5.C6H8/c1-3-19(2)23-13-14(9-5-4-6-12-17(21)22)18(24-19)15-10-7-8-11-16(15)20;1-3-5-6-4-2/h4-5,7-8,10-11,14,18,20H,3,6,9,12-13H2,1-2H3,(H,21,22);3-6H,1-2H2/b5-4-;6-5-. The second-order valence-electron chi connectivity index (χ2n) is 7.15. The molecule has 1 fully saturated rings. The highest BCUT2D eigenvalue weighted by molar-refractivity contribution is 5.66. The first-order valence-corrected chi connectivity index (χ1v) is 10.2. The molecule has 3 unspecified atom stereocenters. The lowest BCUT2D eigenvalue weighted by Gasteiger charge is -2.42. The van der Waals surface area contributed by atoms with Crippen LogP contribution in [0.3, 0.4) is 0 Å². The molecule has 0 radical (unpaired) electrons. The number of para-hydroxylation sites is 1. The minimum absolute atomic E-state index is 0.0685. The zero-order valence-electron chi connectivity index (χ0n) is 18.0. The summed E-state index contributed by atoms with van der Waals surface area (Å²) in [6, 6.07) is 7.22. The maximum Gasteiger partial charge on any atom is 0.303 e. The van der Waals surface area contributed by atoms with Gasteiger partial charge >= 0.3 is 5.97 Å². The van der Waals surface area contributed by atoms with Crippen LogP contribution in [0.2, 0.25) is 0 Å². The van der Waals surface area contributed by atoms with Crippen LogP contribution in [-0.2, 0) is 14.3 Å². The van der Waals surface area contributed by atoms with Gasteiger partial charge in [-0.3, -0.25) is 4.79 Å². The number of carbonyl (C=O) groups is 1. The van der Waals surface area contributed by atoms with Crippen LogP contribution in [0.1, 0.15) is 51.2 Å². The largest absolute Gasteiger partial charge is 0.508 e. The third kappa shape index (κ3) is 8.80. The van der Waals surface area contributed by atoms with Gasteiger partial charge in [-0.1, -0.05) is 74.7 Å². The second-order valence-corrected chi connectivity index (χ2v) is 7.15. The van der Waals surface area contributed by atoms with Gasteiger partial charge in [0.1, 0.15) is 5.75 Å². The third-order valence-electron chi connectivity index (χ3n) is 4.81. The zero-order valence-corrected chi connectivity index (χ0v) is 18.0. The molecular weight excluding hydrogens is 380 g/mol. The molecule has 164 valence electrons.